The number of aliphatic carboxylic acids is 1. The molecule has 16 heavy (non-hydrogen) atoms. The molecule has 0 aliphatic rings. The van der Waals surface area contributed by atoms with Crippen molar-refractivity contribution in [1.29, 1.82) is 0 Å². The summed E-state index contributed by atoms with van der Waals surface area (Å²) in [5.74, 6) is -0.987. The molecule has 3 N–H and O–H groups in total. The summed E-state index contributed by atoms with van der Waals surface area (Å²) < 4.78 is 0. The molecule has 0 bridgehead atoms. The van der Waals surface area contributed by atoms with Crippen molar-refractivity contribution in [2.75, 3.05) is 13.6 Å². The van der Waals surface area contributed by atoms with Gasteiger partial charge in [-0.15, -0.1) is 0 Å². The predicted molar refractivity (Wildman–Crippen MR) is 61.9 cm³/mol. The van der Waals surface area contributed by atoms with Crippen LogP contribution in [0, 0.1) is 5.41 Å². The second-order valence-corrected chi connectivity index (χ2v) is 5.10. The van der Waals surface area contributed by atoms with E-state index >= 15 is 0 Å². The lowest BCUT2D eigenvalue weighted by molar-refractivity contribution is -0.138. The van der Waals surface area contributed by atoms with Gasteiger partial charge in [-0.25, -0.2) is 0 Å². The fraction of sp³-hybridized carbons (Fsp3) is 0.818. The van der Waals surface area contributed by atoms with E-state index < -0.39 is 12.0 Å². The largest absolute Gasteiger partial charge is 0.481 e. The molecule has 94 valence electrons. The van der Waals surface area contributed by atoms with Crippen molar-refractivity contribution in [3.63, 3.8) is 0 Å². The standard InChI is InChI=1S/C11H22N2O3/c1-11(2,3)9(12)10(16)13(4)7-5-6-8(14)15/h9H,5-7,12H2,1-4H3,(H,14,15)/t9-/m0/s1. The van der Waals surface area contributed by atoms with Gasteiger partial charge in [0.1, 0.15) is 0 Å². The minimum Gasteiger partial charge on any atom is -0.481 e. The van der Waals surface area contributed by atoms with Crippen LogP contribution >= 0.6 is 0 Å². The van der Waals surface area contributed by atoms with Crippen LogP contribution in [-0.2, 0) is 9.59 Å². The Bertz CT molecular complexity index is 258. The number of rotatable bonds is 5. The van der Waals surface area contributed by atoms with Crippen molar-refractivity contribution < 1.29 is 14.7 Å². The molecule has 0 heterocycles. The van der Waals surface area contributed by atoms with Gasteiger partial charge in [-0.3, -0.25) is 9.59 Å². The summed E-state index contributed by atoms with van der Waals surface area (Å²) in [6.45, 7) is 6.14. The van der Waals surface area contributed by atoms with Crippen molar-refractivity contribution in [2.24, 2.45) is 11.1 Å². The number of carbonyl (C=O) groups excluding carboxylic acids is 1. The highest BCUT2D eigenvalue weighted by molar-refractivity contribution is 5.82. The summed E-state index contributed by atoms with van der Waals surface area (Å²) in [6, 6.07) is -0.553. The predicted octanol–water partition coefficient (Wildman–Crippen LogP) is 0.683. The summed E-state index contributed by atoms with van der Waals surface area (Å²) >= 11 is 0. The molecule has 0 fully saturated rings. The van der Waals surface area contributed by atoms with E-state index in [2.05, 4.69) is 0 Å². The highest BCUT2D eigenvalue weighted by Gasteiger charge is 2.29. The van der Waals surface area contributed by atoms with E-state index in [0.29, 0.717) is 13.0 Å². The van der Waals surface area contributed by atoms with Crippen molar-refractivity contribution >= 4 is 11.9 Å². The first kappa shape index (κ1) is 14.9. The molecule has 0 radical (unpaired) electrons. The third-order valence-corrected chi connectivity index (χ3v) is 2.46. The van der Waals surface area contributed by atoms with E-state index in [0.717, 1.165) is 0 Å². The van der Waals surface area contributed by atoms with Crippen LogP contribution in [0.25, 0.3) is 0 Å². The van der Waals surface area contributed by atoms with E-state index in [1.54, 1.807) is 7.05 Å². The fourth-order valence-corrected chi connectivity index (χ4v) is 1.19. The smallest absolute Gasteiger partial charge is 0.303 e. The summed E-state index contributed by atoms with van der Waals surface area (Å²) in [5.41, 5.74) is 5.54. The van der Waals surface area contributed by atoms with Gasteiger partial charge < -0.3 is 15.7 Å². The molecule has 0 aromatic rings. The Morgan fingerprint density at radius 2 is 1.88 bits per heavy atom. The molecule has 1 atom stereocenters. The number of hydrogen-bond donors (Lipinski definition) is 2. The topological polar surface area (TPSA) is 83.6 Å². The van der Waals surface area contributed by atoms with Gasteiger partial charge in [-0.05, 0) is 11.8 Å². The Labute approximate surface area is 96.6 Å². The zero-order valence-electron chi connectivity index (χ0n) is 10.5. The van der Waals surface area contributed by atoms with Gasteiger partial charge in [-0.2, -0.15) is 0 Å². The van der Waals surface area contributed by atoms with Gasteiger partial charge >= 0.3 is 5.97 Å². The molecule has 5 nitrogen and oxygen atoms in total. The zero-order valence-corrected chi connectivity index (χ0v) is 10.5. The van der Waals surface area contributed by atoms with Crippen LogP contribution in [0.15, 0.2) is 0 Å². The second-order valence-electron chi connectivity index (χ2n) is 5.10. The summed E-state index contributed by atoms with van der Waals surface area (Å²) in [5, 5.41) is 8.48. The molecule has 0 spiro atoms. The molecule has 0 saturated heterocycles. The van der Waals surface area contributed by atoms with E-state index in [1.807, 2.05) is 20.8 Å². The molecule has 1 amide bonds. The Morgan fingerprint density at radius 3 is 2.25 bits per heavy atom. The minimum atomic E-state index is -0.846. The Balaban J connectivity index is 4.14. The monoisotopic (exact) mass is 230 g/mol. The fourth-order valence-electron chi connectivity index (χ4n) is 1.19. The number of carbonyl (C=O) groups is 2. The molecule has 0 aromatic heterocycles. The lowest BCUT2D eigenvalue weighted by Crippen LogP contribution is -2.49. The van der Waals surface area contributed by atoms with Gasteiger partial charge in [0, 0.05) is 20.0 Å². The molecule has 0 aliphatic carbocycles. The first-order valence-corrected chi connectivity index (χ1v) is 5.38. The van der Waals surface area contributed by atoms with Crippen LogP contribution in [0.5, 0.6) is 0 Å². The van der Waals surface area contributed by atoms with Crippen LogP contribution in [0.2, 0.25) is 0 Å². The van der Waals surface area contributed by atoms with Gasteiger partial charge in [0.25, 0.3) is 0 Å². The zero-order chi connectivity index (χ0) is 12.9. The molecule has 5 heteroatoms. The number of nitrogens with two attached hydrogens (primary N) is 1. The van der Waals surface area contributed by atoms with E-state index in [1.165, 1.54) is 4.90 Å². The van der Waals surface area contributed by atoms with Crippen molar-refractivity contribution in [3.05, 3.63) is 0 Å². The normalized spacial score (nSPS) is 13.3. The maximum absolute atomic E-state index is 11.8. The third kappa shape index (κ3) is 5.11. The number of hydrogen-bond acceptors (Lipinski definition) is 3. The van der Waals surface area contributed by atoms with Crippen molar-refractivity contribution in [1.82, 2.24) is 4.90 Å². The highest BCUT2D eigenvalue weighted by Crippen LogP contribution is 2.18. The van der Waals surface area contributed by atoms with Crippen molar-refractivity contribution in [3.8, 4) is 0 Å². The number of nitrogens with zero attached hydrogens (tertiary/aromatic N) is 1. The Morgan fingerprint density at radius 1 is 1.38 bits per heavy atom. The van der Waals surface area contributed by atoms with E-state index in [4.69, 9.17) is 10.8 Å². The molecule has 0 aromatic carbocycles. The minimum absolute atomic E-state index is 0.0718. The number of carboxylic acid groups (broad SMARTS) is 1. The molecular weight excluding hydrogens is 208 g/mol. The Hall–Kier alpha value is -1.10. The molecular formula is C11H22N2O3. The molecule has 0 unspecified atom stereocenters. The first-order chi connectivity index (χ1) is 7.16. The summed E-state index contributed by atoms with van der Waals surface area (Å²) in [6.07, 6.45) is 0.525. The van der Waals surface area contributed by atoms with Crippen LogP contribution in [0.1, 0.15) is 33.6 Å². The Kier molecular flexibility index (Phi) is 5.44. The SMILES string of the molecule is CN(CCCC(=O)O)C(=O)[C@H](N)C(C)(C)C. The second kappa shape index (κ2) is 5.84. The quantitative estimate of drug-likeness (QED) is 0.727. The van der Waals surface area contributed by atoms with Crippen molar-refractivity contribution in [2.45, 2.75) is 39.7 Å². The van der Waals surface area contributed by atoms with E-state index in [-0.39, 0.29) is 17.7 Å². The highest BCUT2D eigenvalue weighted by atomic mass is 16.4. The van der Waals surface area contributed by atoms with Crippen LogP contribution in [-0.4, -0.2) is 41.5 Å². The van der Waals surface area contributed by atoms with E-state index in [9.17, 15) is 9.59 Å². The van der Waals surface area contributed by atoms with Crippen LogP contribution in [0.4, 0.5) is 0 Å². The lowest BCUT2D eigenvalue weighted by Gasteiger charge is -2.29. The molecule has 0 aliphatic heterocycles. The maximum atomic E-state index is 11.8. The summed E-state index contributed by atoms with van der Waals surface area (Å²) in [7, 11) is 1.65. The lowest BCUT2D eigenvalue weighted by atomic mass is 9.86. The third-order valence-electron chi connectivity index (χ3n) is 2.46. The number of carboxylic acids is 1. The van der Waals surface area contributed by atoms with Gasteiger partial charge in [-0.1, -0.05) is 20.8 Å². The van der Waals surface area contributed by atoms with Gasteiger partial charge in [0.15, 0.2) is 0 Å². The maximum Gasteiger partial charge on any atom is 0.303 e. The first-order valence-electron chi connectivity index (χ1n) is 5.38. The number of likely N-dealkylation sites (N-methyl/N-ethyl adjacent to an activating group) is 1. The van der Waals surface area contributed by atoms with Crippen LogP contribution < -0.4 is 5.73 Å². The molecule has 0 rings (SSSR count). The van der Waals surface area contributed by atoms with Crippen LogP contribution in [0.3, 0.4) is 0 Å². The average molecular weight is 230 g/mol. The number of amides is 1. The molecule has 0 saturated carbocycles. The van der Waals surface area contributed by atoms with Gasteiger partial charge in [0.2, 0.25) is 5.91 Å². The van der Waals surface area contributed by atoms with Gasteiger partial charge in [0.05, 0.1) is 6.04 Å². The average Bonchev–Trinajstić information content (AvgIpc) is 2.13. The summed E-state index contributed by atoms with van der Waals surface area (Å²) in [4.78, 5) is 23.6.